The number of allylic oxidation sites excluding steroid dienone is 1. The molecule has 64 valence electrons. The maximum atomic E-state index is 10.1. The molecule has 0 spiro atoms. The average Bonchev–Trinajstić information content (AvgIpc) is 1.85. The molecule has 4 nitrogen and oxygen atoms in total. The number of thiol groups is 1. The zero-order valence-corrected chi connectivity index (χ0v) is 7.26. The minimum atomic E-state index is -1.14. The summed E-state index contributed by atoms with van der Waals surface area (Å²) in [5.41, 5.74) is 5.45. The zero-order chi connectivity index (χ0) is 9.44. The van der Waals surface area contributed by atoms with E-state index >= 15 is 0 Å². The molecule has 0 aliphatic carbocycles. The lowest BCUT2D eigenvalue weighted by atomic mass is 10.3. The van der Waals surface area contributed by atoms with Gasteiger partial charge in [-0.25, -0.2) is 4.79 Å². The third kappa shape index (κ3) is 17.6. The van der Waals surface area contributed by atoms with Crippen molar-refractivity contribution in [2.45, 2.75) is 13.8 Å². The molecule has 0 heterocycles. The Bertz CT molecular complexity index is 173. The van der Waals surface area contributed by atoms with E-state index in [2.05, 4.69) is 12.6 Å². The summed E-state index contributed by atoms with van der Waals surface area (Å²) in [5, 5.41) is 6.14. The van der Waals surface area contributed by atoms with Crippen LogP contribution in [0.15, 0.2) is 11.6 Å². The quantitative estimate of drug-likeness (QED) is 0.413. The summed E-state index contributed by atoms with van der Waals surface area (Å²) in [6, 6.07) is 0. The average molecular weight is 177 g/mol. The largest absolute Gasteiger partial charge is 0.473 e. The third-order valence-electron chi connectivity index (χ3n) is 0.822. The van der Waals surface area contributed by atoms with Gasteiger partial charge in [0.2, 0.25) is 5.91 Å². The number of hydrogen-bond acceptors (Lipinski definition) is 2. The summed E-state index contributed by atoms with van der Waals surface area (Å²) < 4.78 is 0. The van der Waals surface area contributed by atoms with Gasteiger partial charge in [0.1, 0.15) is 0 Å². The van der Waals surface area contributed by atoms with Crippen LogP contribution in [0, 0.1) is 0 Å². The molecule has 1 amide bonds. The third-order valence-corrected chi connectivity index (χ3v) is 0.822. The van der Waals surface area contributed by atoms with Gasteiger partial charge in [0.15, 0.2) is 0 Å². The Balaban J connectivity index is 0. The van der Waals surface area contributed by atoms with Gasteiger partial charge in [0.05, 0.1) is 0 Å². The summed E-state index contributed by atoms with van der Waals surface area (Å²) in [7, 11) is 0. The summed E-state index contributed by atoms with van der Waals surface area (Å²) >= 11 is 2.88. The van der Waals surface area contributed by atoms with Crippen LogP contribution in [-0.2, 0) is 4.79 Å². The molecule has 0 atom stereocenters. The summed E-state index contributed by atoms with van der Waals surface area (Å²) in [4.78, 5) is 18.9. The van der Waals surface area contributed by atoms with Crippen LogP contribution < -0.4 is 5.73 Å². The van der Waals surface area contributed by atoms with Gasteiger partial charge in [-0.1, -0.05) is 18.7 Å². The van der Waals surface area contributed by atoms with Crippen LogP contribution in [0.1, 0.15) is 13.8 Å². The van der Waals surface area contributed by atoms with Gasteiger partial charge in [-0.2, -0.15) is 0 Å². The topological polar surface area (TPSA) is 80.4 Å². The Morgan fingerprint density at radius 3 is 1.82 bits per heavy atom. The highest BCUT2D eigenvalue weighted by atomic mass is 32.1. The first-order valence-corrected chi connectivity index (χ1v) is 3.21. The van der Waals surface area contributed by atoms with E-state index in [1.165, 1.54) is 0 Å². The van der Waals surface area contributed by atoms with Crippen molar-refractivity contribution in [3.8, 4) is 0 Å². The normalized spacial score (nSPS) is 9.55. The minimum absolute atomic E-state index is 0.345. The first-order valence-electron chi connectivity index (χ1n) is 2.76. The van der Waals surface area contributed by atoms with Crippen molar-refractivity contribution in [1.29, 1.82) is 0 Å². The van der Waals surface area contributed by atoms with Gasteiger partial charge in [-0.05, 0) is 13.8 Å². The van der Waals surface area contributed by atoms with Crippen molar-refractivity contribution in [1.82, 2.24) is 0 Å². The molecule has 5 heteroatoms. The van der Waals surface area contributed by atoms with E-state index in [4.69, 9.17) is 15.6 Å². The number of nitrogens with two attached hydrogens (primary N) is 1. The fraction of sp³-hybridized carbons (Fsp3) is 0.333. The van der Waals surface area contributed by atoms with Crippen molar-refractivity contribution < 1.29 is 14.7 Å². The summed E-state index contributed by atoms with van der Waals surface area (Å²) in [6.07, 6.45) is 1.68. The highest BCUT2D eigenvalue weighted by Gasteiger charge is 1.90. The smallest absolute Gasteiger partial charge is 0.361 e. The molecule has 3 N–H and O–H groups in total. The number of carbonyl (C=O) groups excluding carboxylic acids is 1. The van der Waals surface area contributed by atoms with Crippen LogP contribution in [0.4, 0.5) is 4.79 Å². The fourth-order valence-corrected chi connectivity index (χ4v) is 0.142. The van der Waals surface area contributed by atoms with Crippen LogP contribution in [0.2, 0.25) is 0 Å². The van der Waals surface area contributed by atoms with Crippen LogP contribution in [0.3, 0.4) is 0 Å². The van der Waals surface area contributed by atoms with Crippen molar-refractivity contribution in [2.24, 2.45) is 5.73 Å². The highest BCUT2D eigenvalue weighted by molar-refractivity contribution is 7.96. The van der Waals surface area contributed by atoms with Crippen molar-refractivity contribution >= 4 is 23.8 Å². The van der Waals surface area contributed by atoms with E-state index in [9.17, 15) is 4.79 Å². The first kappa shape index (κ1) is 12.7. The predicted octanol–water partition coefficient (Wildman–Crippen LogP) is 1.03. The number of carbonyl (C=O) groups is 2. The number of carboxylic acid groups (broad SMARTS) is 1. The lowest BCUT2D eigenvalue weighted by Gasteiger charge is -1.85. The molecule has 0 aromatic rings. The minimum Gasteiger partial charge on any atom is -0.473 e. The van der Waals surface area contributed by atoms with Gasteiger partial charge >= 0.3 is 5.30 Å². The standard InChI is InChI=1S/C5H9NO.CH2O2S/c1-3-4(2)5(6)7;2-1(3)4/h3H,1-2H3,(H2,6,7);4H,(H,2,3)/b4-3+;. The number of hydrogen-bond donors (Lipinski definition) is 3. The Morgan fingerprint density at radius 2 is 1.82 bits per heavy atom. The molecule has 0 aliphatic rings. The number of amides is 1. The molecule has 0 saturated carbocycles. The van der Waals surface area contributed by atoms with Crippen LogP contribution in [0.25, 0.3) is 0 Å². The summed E-state index contributed by atoms with van der Waals surface area (Å²) in [5.74, 6) is -0.345. The van der Waals surface area contributed by atoms with Crippen LogP contribution in [0.5, 0.6) is 0 Å². The van der Waals surface area contributed by atoms with Crippen molar-refractivity contribution in [2.75, 3.05) is 0 Å². The van der Waals surface area contributed by atoms with Crippen LogP contribution in [-0.4, -0.2) is 16.3 Å². The first-order chi connectivity index (χ1) is 4.91. The maximum Gasteiger partial charge on any atom is 0.361 e. The Kier molecular flexibility index (Phi) is 8.23. The molecule has 0 aliphatic heterocycles. The molecule has 0 rings (SSSR count). The molecule has 0 aromatic heterocycles. The van der Waals surface area contributed by atoms with E-state index < -0.39 is 5.30 Å². The molecule has 0 radical (unpaired) electrons. The van der Waals surface area contributed by atoms with E-state index in [0.717, 1.165) is 0 Å². The van der Waals surface area contributed by atoms with Crippen LogP contribution >= 0.6 is 12.6 Å². The molecular weight excluding hydrogens is 166 g/mol. The molecule has 0 aromatic carbocycles. The second-order valence-electron chi connectivity index (χ2n) is 1.62. The second-order valence-corrected chi connectivity index (χ2v) is 2.00. The lowest BCUT2D eigenvalue weighted by Crippen LogP contribution is -2.10. The maximum absolute atomic E-state index is 10.1. The monoisotopic (exact) mass is 177 g/mol. The fourth-order valence-electron chi connectivity index (χ4n) is 0.142. The number of rotatable bonds is 1. The van der Waals surface area contributed by atoms with Gasteiger partial charge in [0, 0.05) is 5.57 Å². The van der Waals surface area contributed by atoms with Gasteiger partial charge in [-0.15, -0.1) is 0 Å². The van der Waals surface area contributed by atoms with Gasteiger partial charge in [-0.3, -0.25) is 4.79 Å². The molecule has 11 heavy (non-hydrogen) atoms. The lowest BCUT2D eigenvalue weighted by molar-refractivity contribution is -0.114. The molecule has 0 unspecified atom stereocenters. The second kappa shape index (κ2) is 7.14. The number of primary amides is 1. The molecule has 0 bridgehead atoms. The molecule has 0 saturated heterocycles. The van der Waals surface area contributed by atoms with Gasteiger partial charge in [0.25, 0.3) is 0 Å². The predicted molar refractivity (Wildman–Crippen MR) is 45.6 cm³/mol. The zero-order valence-electron chi connectivity index (χ0n) is 6.37. The van der Waals surface area contributed by atoms with E-state index in [0.29, 0.717) is 5.57 Å². The SMILES string of the molecule is C/C=C(\C)C(N)=O.O=C(O)S. The van der Waals surface area contributed by atoms with E-state index in [1.807, 2.05) is 0 Å². The molecular formula is C6H11NO3S. The Labute approximate surface area is 70.5 Å². The Morgan fingerprint density at radius 1 is 1.55 bits per heavy atom. The summed E-state index contributed by atoms with van der Waals surface area (Å²) in [6.45, 7) is 3.46. The molecule has 0 fully saturated rings. The van der Waals surface area contributed by atoms with E-state index in [-0.39, 0.29) is 5.91 Å². The van der Waals surface area contributed by atoms with Gasteiger partial charge < -0.3 is 10.8 Å². The van der Waals surface area contributed by atoms with Crippen molar-refractivity contribution in [3.05, 3.63) is 11.6 Å². The van der Waals surface area contributed by atoms with Crippen molar-refractivity contribution in [3.63, 3.8) is 0 Å². The highest BCUT2D eigenvalue weighted by Crippen LogP contribution is 1.85. The van der Waals surface area contributed by atoms with E-state index in [1.54, 1.807) is 19.9 Å². The Hall–Kier alpha value is -0.970.